The molecule has 10 heteroatoms. The molecule has 5 rings (SSSR count). The quantitative estimate of drug-likeness (QED) is 0.179. The van der Waals surface area contributed by atoms with Crippen LogP contribution in [0.1, 0.15) is 47.1 Å². The van der Waals surface area contributed by atoms with Crippen LogP contribution in [0.5, 0.6) is 5.75 Å². The molecule has 0 bridgehead atoms. The van der Waals surface area contributed by atoms with Gasteiger partial charge in [0, 0.05) is 18.2 Å². The summed E-state index contributed by atoms with van der Waals surface area (Å²) in [6.07, 6.45) is -1.03. The fourth-order valence-electron chi connectivity index (χ4n) is 5.49. The lowest BCUT2D eigenvalue weighted by Gasteiger charge is -2.26. The monoisotopic (exact) mass is 575 g/mol. The molecule has 0 amide bonds. The summed E-state index contributed by atoms with van der Waals surface area (Å²) in [6, 6.07) is 13.2. The highest BCUT2D eigenvalue weighted by Crippen LogP contribution is 2.36. The van der Waals surface area contributed by atoms with Gasteiger partial charge in [-0.25, -0.2) is 18.2 Å². The second-order valence-corrected chi connectivity index (χ2v) is 10.3. The number of imidazole rings is 1. The van der Waals surface area contributed by atoms with E-state index in [2.05, 4.69) is 9.88 Å². The SMILES string of the molecule is FCc1cc(-c2nc3ccc(OCCN4CCCCC4)cc3n2Cc2ccccc2C(F)(F)F)cc(CF)c1CF. The van der Waals surface area contributed by atoms with Gasteiger partial charge in [0.15, 0.2) is 0 Å². The lowest BCUT2D eigenvalue weighted by atomic mass is 9.99. The third-order valence-corrected chi connectivity index (χ3v) is 7.61. The Morgan fingerprint density at radius 1 is 0.805 bits per heavy atom. The van der Waals surface area contributed by atoms with Crippen molar-refractivity contribution in [2.24, 2.45) is 0 Å². The van der Waals surface area contributed by atoms with Crippen LogP contribution in [0.4, 0.5) is 26.3 Å². The number of hydrogen-bond acceptors (Lipinski definition) is 3. The highest BCUT2D eigenvalue weighted by molar-refractivity contribution is 5.82. The van der Waals surface area contributed by atoms with Gasteiger partial charge in [-0.1, -0.05) is 24.6 Å². The number of nitrogens with zero attached hydrogens (tertiary/aromatic N) is 3. The summed E-state index contributed by atoms with van der Waals surface area (Å²) in [7, 11) is 0. The lowest BCUT2D eigenvalue weighted by Crippen LogP contribution is -2.33. The largest absolute Gasteiger partial charge is 0.492 e. The maximum absolute atomic E-state index is 13.9. The second kappa shape index (κ2) is 12.5. The number of fused-ring (bicyclic) bond motifs is 1. The van der Waals surface area contributed by atoms with E-state index in [1.807, 2.05) is 0 Å². The smallest absolute Gasteiger partial charge is 0.416 e. The van der Waals surface area contributed by atoms with Crippen LogP contribution < -0.4 is 4.74 Å². The summed E-state index contributed by atoms with van der Waals surface area (Å²) in [6.45, 7) is -0.0152. The average molecular weight is 576 g/mol. The minimum atomic E-state index is -4.58. The first-order valence-electron chi connectivity index (χ1n) is 13.7. The van der Waals surface area contributed by atoms with Gasteiger partial charge in [0.05, 0.1) is 23.1 Å². The molecule has 0 aliphatic carbocycles. The molecule has 1 saturated heterocycles. The zero-order chi connectivity index (χ0) is 29.0. The Morgan fingerprint density at radius 3 is 2.17 bits per heavy atom. The van der Waals surface area contributed by atoms with Crippen molar-refractivity contribution < 1.29 is 31.1 Å². The van der Waals surface area contributed by atoms with Gasteiger partial charge in [-0.15, -0.1) is 0 Å². The minimum absolute atomic E-state index is 0.00813. The predicted octanol–water partition coefficient (Wildman–Crippen LogP) is 8.04. The van der Waals surface area contributed by atoms with Crippen LogP contribution in [0.2, 0.25) is 0 Å². The Labute approximate surface area is 234 Å². The van der Waals surface area contributed by atoms with Crippen molar-refractivity contribution in [2.75, 3.05) is 26.2 Å². The summed E-state index contributed by atoms with van der Waals surface area (Å²) < 4.78 is 90.6. The van der Waals surface area contributed by atoms with Crippen LogP contribution >= 0.6 is 0 Å². The van der Waals surface area contributed by atoms with Crippen LogP contribution in [0.3, 0.4) is 0 Å². The Kier molecular flexibility index (Phi) is 8.87. The zero-order valence-electron chi connectivity index (χ0n) is 22.5. The van der Waals surface area contributed by atoms with E-state index >= 15 is 0 Å². The molecule has 1 aliphatic heterocycles. The molecule has 0 saturated carbocycles. The Hall–Kier alpha value is -3.53. The summed E-state index contributed by atoms with van der Waals surface area (Å²) in [5.74, 6) is 0.755. The van der Waals surface area contributed by atoms with Crippen molar-refractivity contribution in [3.05, 3.63) is 82.4 Å². The molecule has 0 spiro atoms. The molecule has 0 atom stereocenters. The minimum Gasteiger partial charge on any atom is -0.492 e. The average Bonchev–Trinajstić information content (AvgIpc) is 3.34. The van der Waals surface area contributed by atoms with Gasteiger partial charge in [-0.2, -0.15) is 13.2 Å². The number of hydrogen-bond donors (Lipinski definition) is 0. The first kappa shape index (κ1) is 29.0. The molecule has 3 aromatic carbocycles. The topological polar surface area (TPSA) is 30.3 Å². The number of piperidine rings is 1. The summed E-state index contributed by atoms with van der Waals surface area (Å²) in [5, 5.41) is 0. The zero-order valence-corrected chi connectivity index (χ0v) is 22.5. The van der Waals surface area contributed by atoms with Gasteiger partial charge in [0.1, 0.15) is 38.2 Å². The number of alkyl halides is 6. The van der Waals surface area contributed by atoms with Gasteiger partial charge >= 0.3 is 6.18 Å². The molecule has 1 fully saturated rings. The molecule has 2 heterocycles. The summed E-state index contributed by atoms with van der Waals surface area (Å²) in [5.41, 5.74) is 0.389. The van der Waals surface area contributed by atoms with E-state index in [1.165, 1.54) is 36.8 Å². The van der Waals surface area contributed by atoms with Crippen LogP contribution in [0, 0.1) is 0 Å². The molecule has 0 radical (unpaired) electrons. The van der Waals surface area contributed by atoms with Crippen molar-refractivity contribution in [1.29, 1.82) is 0 Å². The highest BCUT2D eigenvalue weighted by Gasteiger charge is 2.33. The highest BCUT2D eigenvalue weighted by atomic mass is 19.4. The van der Waals surface area contributed by atoms with Gasteiger partial charge < -0.3 is 9.30 Å². The fourth-order valence-corrected chi connectivity index (χ4v) is 5.49. The molecule has 4 aromatic rings. The second-order valence-electron chi connectivity index (χ2n) is 10.3. The molecular weight excluding hydrogens is 544 g/mol. The Morgan fingerprint density at radius 2 is 1.51 bits per heavy atom. The number of rotatable bonds is 10. The molecule has 1 aliphatic rings. The van der Waals surface area contributed by atoms with E-state index < -0.39 is 31.8 Å². The number of aromatic nitrogens is 2. The van der Waals surface area contributed by atoms with E-state index in [1.54, 1.807) is 22.8 Å². The third-order valence-electron chi connectivity index (χ3n) is 7.61. The van der Waals surface area contributed by atoms with E-state index in [0.717, 1.165) is 38.5 Å². The number of ether oxygens (including phenoxy) is 1. The maximum atomic E-state index is 13.9. The Balaban J connectivity index is 1.58. The van der Waals surface area contributed by atoms with Crippen molar-refractivity contribution in [2.45, 2.75) is 52.0 Å². The molecule has 4 nitrogen and oxygen atoms in total. The standard InChI is InChI=1S/C31H31F6N3O/c32-17-23-14-22(15-24(18-33)26(23)19-34)30-38-28-9-8-25(41-13-12-39-10-4-1-5-11-39)16-29(28)40(30)20-21-6-2-3-7-27(21)31(35,36)37/h2-3,6-9,14-16H,1,4-5,10-13,17-20H2. The predicted molar refractivity (Wildman–Crippen MR) is 146 cm³/mol. The van der Waals surface area contributed by atoms with E-state index in [-0.39, 0.29) is 40.2 Å². The van der Waals surface area contributed by atoms with Gasteiger partial charge in [0.25, 0.3) is 0 Å². The molecule has 1 aromatic heterocycles. The van der Waals surface area contributed by atoms with Crippen molar-refractivity contribution in [1.82, 2.24) is 14.5 Å². The fraction of sp³-hybridized carbons (Fsp3) is 0.387. The van der Waals surface area contributed by atoms with Crippen molar-refractivity contribution in [3.8, 4) is 17.1 Å². The van der Waals surface area contributed by atoms with Crippen LogP contribution in [-0.2, 0) is 32.7 Å². The van der Waals surface area contributed by atoms with E-state index in [9.17, 15) is 26.3 Å². The van der Waals surface area contributed by atoms with Crippen molar-refractivity contribution in [3.63, 3.8) is 0 Å². The lowest BCUT2D eigenvalue weighted by molar-refractivity contribution is -0.138. The Bertz CT molecular complexity index is 1470. The summed E-state index contributed by atoms with van der Waals surface area (Å²) in [4.78, 5) is 6.99. The first-order chi connectivity index (χ1) is 19.8. The van der Waals surface area contributed by atoms with Gasteiger partial charge in [-0.05, 0) is 78.5 Å². The molecule has 0 N–H and O–H groups in total. The van der Waals surface area contributed by atoms with Crippen LogP contribution in [0.15, 0.2) is 54.6 Å². The third kappa shape index (κ3) is 6.37. The number of likely N-dealkylation sites (tertiary alicyclic amines) is 1. The molecule has 0 unspecified atom stereocenters. The van der Waals surface area contributed by atoms with E-state index in [4.69, 9.17) is 4.74 Å². The maximum Gasteiger partial charge on any atom is 0.416 e. The van der Waals surface area contributed by atoms with Gasteiger partial charge in [0.2, 0.25) is 0 Å². The molecule has 218 valence electrons. The number of halogens is 6. The van der Waals surface area contributed by atoms with E-state index in [0.29, 0.717) is 23.4 Å². The van der Waals surface area contributed by atoms with Gasteiger partial charge in [-0.3, -0.25) is 4.90 Å². The summed E-state index contributed by atoms with van der Waals surface area (Å²) >= 11 is 0. The van der Waals surface area contributed by atoms with Crippen molar-refractivity contribution >= 4 is 11.0 Å². The number of benzene rings is 3. The normalized spacial score (nSPS) is 14.6. The van der Waals surface area contributed by atoms with Crippen LogP contribution in [0.25, 0.3) is 22.4 Å². The molecule has 41 heavy (non-hydrogen) atoms. The molecular formula is C31H31F6N3O. The first-order valence-corrected chi connectivity index (χ1v) is 13.7. The van der Waals surface area contributed by atoms with Crippen LogP contribution in [-0.4, -0.2) is 40.7 Å².